The van der Waals surface area contributed by atoms with Crippen LogP contribution in [0.4, 0.5) is 4.79 Å². The summed E-state index contributed by atoms with van der Waals surface area (Å²) in [5, 5.41) is 17.6. The maximum Gasteiger partial charge on any atom is 0.474 e. The van der Waals surface area contributed by atoms with Crippen LogP contribution in [0.3, 0.4) is 0 Å². The van der Waals surface area contributed by atoms with Crippen molar-refractivity contribution in [1.29, 1.82) is 0 Å². The Labute approximate surface area is 62.4 Å². The van der Waals surface area contributed by atoms with E-state index in [9.17, 15) is 4.79 Å². The summed E-state index contributed by atoms with van der Waals surface area (Å²) in [7, 11) is 0. The number of epoxide rings is 1. The fourth-order valence-electron chi connectivity index (χ4n) is 0.600. The van der Waals surface area contributed by atoms with Crippen LogP contribution in [0.1, 0.15) is 0 Å². The molecule has 6 nitrogen and oxygen atoms in total. The predicted octanol–water partition coefficient (Wildman–Crippen LogP) is -0.482. The van der Waals surface area contributed by atoms with E-state index in [-0.39, 0.29) is 5.01 Å². The Morgan fingerprint density at radius 2 is 2.45 bits per heavy atom. The Hall–Kier alpha value is -1.32. The first-order valence-electron chi connectivity index (χ1n) is 2.86. The highest BCUT2D eigenvalue weighted by atomic mass is 16.6. The van der Waals surface area contributed by atoms with E-state index in [1.165, 1.54) is 0 Å². The van der Waals surface area contributed by atoms with Gasteiger partial charge < -0.3 is 14.9 Å². The molecule has 1 aliphatic rings. The number of amides is 1. The minimum absolute atomic E-state index is 0.234. The molecule has 6 heteroatoms. The van der Waals surface area contributed by atoms with Crippen molar-refractivity contribution in [3.05, 3.63) is 11.5 Å². The fraction of sp³-hybridized carbons (Fsp3) is 0.600. The number of aliphatic hydroxyl groups excluding tert-OH is 1. The first-order chi connectivity index (χ1) is 5.16. The summed E-state index contributed by atoms with van der Waals surface area (Å²) in [6, 6.07) is 0. The van der Waals surface area contributed by atoms with Crippen molar-refractivity contribution < 1.29 is 19.7 Å². The molecule has 11 heavy (non-hydrogen) atoms. The number of ether oxygens (including phenoxy) is 1. The molecule has 2 atom stereocenters. The molecule has 0 aromatic heterocycles. The quantitative estimate of drug-likeness (QED) is 0.246. The Kier molecular flexibility index (Phi) is 1.94. The van der Waals surface area contributed by atoms with Crippen LogP contribution >= 0.6 is 0 Å². The van der Waals surface area contributed by atoms with Crippen molar-refractivity contribution in [2.45, 2.75) is 12.3 Å². The Bertz CT molecular complexity index is 207. The number of carboxylic acid groups (broad SMARTS) is 1. The van der Waals surface area contributed by atoms with Gasteiger partial charge in [0.2, 0.25) is 6.23 Å². The van der Waals surface area contributed by atoms with E-state index in [1.54, 1.807) is 0 Å². The van der Waals surface area contributed by atoms with Gasteiger partial charge in [-0.25, -0.2) is 4.79 Å². The molecule has 0 saturated carbocycles. The molecule has 2 N–H and O–H groups in total. The molecule has 1 fully saturated rings. The lowest BCUT2D eigenvalue weighted by atomic mass is 10.4. The van der Waals surface area contributed by atoms with E-state index in [0.29, 0.717) is 6.61 Å². The van der Waals surface area contributed by atoms with Crippen LogP contribution in [-0.2, 0) is 4.74 Å². The maximum atomic E-state index is 10.2. The average Bonchev–Trinajstić information content (AvgIpc) is 2.68. The molecule has 1 aliphatic heterocycles. The van der Waals surface area contributed by atoms with Crippen molar-refractivity contribution in [1.82, 2.24) is 5.01 Å². The van der Waals surface area contributed by atoms with Crippen molar-refractivity contribution in [2.75, 3.05) is 6.61 Å². The number of carbonyl (C=O) groups is 1. The normalized spacial score (nSPS) is 23.5. The molecular weight excluding hydrogens is 152 g/mol. The van der Waals surface area contributed by atoms with Gasteiger partial charge in [-0.2, -0.15) is 6.57 Å². The number of rotatable bonds is 2. The molecule has 60 valence electrons. The van der Waals surface area contributed by atoms with Crippen molar-refractivity contribution >= 4 is 6.09 Å². The van der Waals surface area contributed by atoms with Crippen LogP contribution in [0.25, 0.3) is 4.95 Å². The molecule has 1 amide bonds. The van der Waals surface area contributed by atoms with Gasteiger partial charge in [-0.05, 0) is 0 Å². The molecule has 1 rings (SSSR count). The third-order valence-corrected chi connectivity index (χ3v) is 1.25. The van der Waals surface area contributed by atoms with Crippen LogP contribution in [0.5, 0.6) is 0 Å². The van der Waals surface area contributed by atoms with E-state index in [1.807, 2.05) is 0 Å². The summed E-state index contributed by atoms with van der Waals surface area (Å²) in [5.41, 5.74) is 0. The van der Waals surface area contributed by atoms with E-state index >= 15 is 0 Å². The molecule has 0 spiro atoms. The van der Waals surface area contributed by atoms with Gasteiger partial charge in [-0.3, -0.25) is 0 Å². The minimum Gasteiger partial charge on any atom is -0.461 e. The van der Waals surface area contributed by atoms with Gasteiger partial charge in [0, 0.05) is 5.01 Å². The molecular formula is C5H6N2O4. The fourth-order valence-corrected chi connectivity index (χ4v) is 0.600. The minimum atomic E-state index is -1.47. The Morgan fingerprint density at radius 3 is 2.73 bits per heavy atom. The molecule has 2 unspecified atom stereocenters. The SMILES string of the molecule is [C-]#[N+]N(C(=O)O)C(O)C1CO1. The zero-order valence-electron chi connectivity index (χ0n) is 5.47. The monoisotopic (exact) mass is 158 g/mol. The van der Waals surface area contributed by atoms with Crippen LogP contribution in [-0.4, -0.2) is 40.3 Å². The van der Waals surface area contributed by atoms with Gasteiger partial charge >= 0.3 is 6.09 Å². The standard InChI is InChI=1S/C5H6N2O4/c1-6-7(5(9)10)4(8)3-2-11-3/h3-4,8H,2H2,(H,9,10). The zero-order valence-corrected chi connectivity index (χ0v) is 5.47. The van der Waals surface area contributed by atoms with E-state index in [2.05, 4.69) is 9.69 Å². The van der Waals surface area contributed by atoms with E-state index in [0.717, 1.165) is 0 Å². The summed E-state index contributed by atoms with van der Waals surface area (Å²) < 4.78 is 4.60. The second kappa shape index (κ2) is 2.74. The Morgan fingerprint density at radius 1 is 1.91 bits per heavy atom. The first-order valence-corrected chi connectivity index (χ1v) is 2.86. The lowest BCUT2D eigenvalue weighted by molar-refractivity contribution is 0.0183. The summed E-state index contributed by atoms with van der Waals surface area (Å²) in [6.07, 6.45) is -3.35. The van der Waals surface area contributed by atoms with Crippen LogP contribution in [0.15, 0.2) is 0 Å². The molecule has 1 heterocycles. The summed E-state index contributed by atoms with van der Waals surface area (Å²) in [6.45, 7) is 6.70. The molecule has 1 saturated heterocycles. The van der Waals surface area contributed by atoms with Crippen LogP contribution < -0.4 is 0 Å². The van der Waals surface area contributed by atoms with Gasteiger partial charge in [0.15, 0.2) is 0 Å². The third kappa shape index (κ3) is 1.58. The first kappa shape index (κ1) is 7.78. The highest BCUT2D eigenvalue weighted by Crippen LogP contribution is 2.17. The second-order valence-corrected chi connectivity index (χ2v) is 2.01. The zero-order chi connectivity index (χ0) is 8.43. The van der Waals surface area contributed by atoms with Crippen LogP contribution in [0.2, 0.25) is 0 Å². The lowest BCUT2D eigenvalue weighted by Crippen LogP contribution is -2.37. The van der Waals surface area contributed by atoms with Crippen molar-refractivity contribution in [2.24, 2.45) is 0 Å². The topological polar surface area (TPSA) is 77.7 Å². The Balaban J connectivity index is 2.54. The number of aliphatic hydroxyl groups is 1. The van der Waals surface area contributed by atoms with Gasteiger partial charge in [0.05, 0.1) is 6.61 Å². The number of hydrogen-bond donors (Lipinski definition) is 2. The summed E-state index contributed by atoms with van der Waals surface area (Å²) in [4.78, 5) is 12.8. The highest BCUT2D eigenvalue weighted by molar-refractivity contribution is 5.65. The van der Waals surface area contributed by atoms with Crippen LogP contribution in [0, 0.1) is 6.57 Å². The van der Waals surface area contributed by atoms with Gasteiger partial charge in [0.1, 0.15) is 6.10 Å². The molecule has 0 aromatic carbocycles. The third-order valence-electron chi connectivity index (χ3n) is 1.25. The average molecular weight is 158 g/mol. The largest absolute Gasteiger partial charge is 0.474 e. The van der Waals surface area contributed by atoms with E-state index in [4.69, 9.17) is 16.8 Å². The van der Waals surface area contributed by atoms with E-state index < -0.39 is 18.4 Å². The van der Waals surface area contributed by atoms with Crippen molar-refractivity contribution in [3.8, 4) is 0 Å². The van der Waals surface area contributed by atoms with Gasteiger partial charge in [-0.1, -0.05) is 0 Å². The smallest absolute Gasteiger partial charge is 0.461 e. The maximum absolute atomic E-state index is 10.2. The summed E-state index contributed by atoms with van der Waals surface area (Å²) in [5.74, 6) is 0. The number of hydrogen-bond acceptors (Lipinski definition) is 3. The predicted molar refractivity (Wildman–Crippen MR) is 32.2 cm³/mol. The molecule has 0 radical (unpaired) electrons. The highest BCUT2D eigenvalue weighted by Gasteiger charge is 2.42. The molecule has 0 aliphatic carbocycles. The number of nitrogens with zero attached hydrogens (tertiary/aromatic N) is 2. The van der Waals surface area contributed by atoms with Crippen molar-refractivity contribution in [3.63, 3.8) is 0 Å². The van der Waals surface area contributed by atoms with Gasteiger partial charge in [0.25, 0.3) is 0 Å². The molecule has 0 bridgehead atoms. The van der Waals surface area contributed by atoms with Gasteiger partial charge in [-0.15, -0.1) is 4.95 Å². The molecule has 0 aromatic rings. The lowest BCUT2D eigenvalue weighted by Gasteiger charge is -2.08. The second-order valence-electron chi connectivity index (χ2n) is 2.01. The summed E-state index contributed by atoms with van der Waals surface area (Å²) >= 11 is 0.